The zero-order chi connectivity index (χ0) is 13.5. The maximum atomic E-state index is 13.2. The van der Waals surface area contributed by atoms with E-state index in [1.165, 1.54) is 12.1 Å². The molecule has 0 atom stereocenters. The van der Waals surface area contributed by atoms with Crippen molar-refractivity contribution in [2.45, 2.75) is 26.4 Å². The number of hydrogen-bond acceptors (Lipinski definition) is 2. The lowest BCUT2D eigenvalue weighted by Gasteiger charge is -2.18. The van der Waals surface area contributed by atoms with E-state index in [1.54, 1.807) is 11.0 Å². The molecule has 0 unspecified atom stereocenters. The van der Waals surface area contributed by atoms with Crippen LogP contribution in [-0.4, -0.2) is 30.4 Å². The Labute approximate surface area is 112 Å². The molecule has 0 bridgehead atoms. The lowest BCUT2D eigenvalue weighted by molar-refractivity contribution is -0.118. The van der Waals surface area contributed by atoms with Crippen LogP contribution < -0.4 is 5.32 Å². The van der Waals surface area contributed by atoms with Gasteiger partial charge in [-0.2, -0.15) is 0 Å². The quantitative estimate of drug-likeness (QED) is 0.773. The molecule has 0 spiro atoms. The first kappa shape index (κ1) is 14.9. The van der Waals surface area contributed by atoms with Crippen LogP contribution in [0.25, 0.3) is 0 Å². The highest BCUT2D eigenvalue weighted by molar-refractivity contribution is 6.30. The second-order valence-electron chi connectivity index (χ2n) is 4.43. The smallest absolute Gasteiger partial charge is 0.210 e. The van der Waals surface area contributed by atoms with Gasteiger partial charge >= 0.3 is 0 Å². The van der Waals surface area contributed by atoms with E-state index in [0.717, 1.165) is 12.0 Å². The summed E-state index contributed by atoms with van der Waals surface area (Å²) in [6, 6.07) is 4.96. The minimum Gasteiger partial charge on any atom is -0.340 e. The van der Waals surface area contributed by atoms with Gasteiger partial charge in [0.1, 0.15) is 5.82 Å². The Balaban J connectivity index is 2.51. The predicted octanol–water partition coefficient (Wildman–Crippen LogP) is 2.44. The predicted molar refractivity (Wildman–Crippen MR) is 71.0 cm³/mol. The standard InChI is InChI=1S/C13H18ClFN2O/c1-10(2)16-5-6-17(9-18)8-11-3-4-12(14)13(15)7-11/h3-4,7,9-10,16H,5-6,8H2,1-2H3. The third kappa shape index (κ3) is 5.02. The van der Waals surface area contributed by atoms with E-state index in [9.17, 15) is 9.18 Å². The van der Waals surface area contributed by atoms with Crippen LogP contribution in [0, 0.1) is 5.82 Å². The fraction of sp³-hybridized carbons (Fsp3) is 0.462. The summed E-state index contributed by atoms with van der Waals surface area (Å²) < 4.78 is 13.2. The molecule has 0 aromatic heterocycles. The van der Waals surface area contributed by atoms with E-state index in [0.29, 0.717) is 25.7 Å². The van der Waals surface area contributed by atoms with E-state index < -0.39 is 5.82 Å². The van der Waals surface area contributed by atoms with Crippen LogP contribution >= 0.6 is 11.6 Å². The molecule has 0 fully saturated rings. The number of nitrogens with zero attached hydrogens (tertiary/aromatic N) is 1. The highest BCUT2D eigenvalue weighted by atomic mass is 35.5. The zero-order valence-corrected chi connectivity index (χ0v) is 11.4. The number of amides is 1. The fourth-order valence-corrected chi connectivity index (χ4v) is 1.66. The van der Waals surface area contributed by atoms with Crippen LogP contribution in [-0.2, 0) is 11.3 Å². The van der Waals surface area contributed by atoms with Crippen LogP contribution in [0.15, 0.2) is 18.2 Å². The summed E-state index contributed by atoms with van der Waals surface area (Å²) in [6.45, 7) is 5.77. The minimum atomic E-state index is -0.458. The molecular weight excluding hydrogens is 255 g/mol. The maximum absolute atomic E-state index is 13.2. The Hall–Kier alpha value is -1.13. The van der Waals surface area contributed by atoms with Gasteiger partial charge in [0.15, 0.2) is 0 Å². The fourth-order valence-electron chi connectivity index (χ4n) is 1.54. The summed E-state index contributed by atoms with van der Waals surface area (Å²) in [4.78, 5) is 12.5. The van der Waals surface area contributed by atoms with Gasteiger partial charge in [0.05, 0.1) is 5.02 Å². The third-order valence-electron chi connectivity index (χ3n) is 2.47. The zero-order valence-electron chi connectivity index (χ0n) is 10.6. The highest BCUT2D eigenvalue weighted by Gasteiger charge is 2.06. The second-order valence-corrected chi connectivity index (χ2v) is 4.84. The second kappa shape index (κ2) is 7.34. The molecule has 1 aromatic rings. The van der Waals surface area contributed by atoms with Crippen LogP contribution in [0.5, 0.6) is 0 Å². The minimum absolute atomic E-state index is 0.0953. The van der Waals surface area contributed by atoms with Gasteiger partial charge in [-0.1, -0.05) is 31.5 Å². The molecule has 0 aliphatic carbocycles. The van der Waals surface area contributed by atoms with Crippen molar-refractivity contribution in [1.82, 2.24) is 10.2 Å². The van der Waals surface area contributed by atoms with Crippen LogP contribution in [0.4, 0.5) is 4.39 Å². The molecule has 0 radical (unpaired) electrons. The van der Waals surface area contributed by atoms with E-state index in [1.807, 2.05) is 13.8 Å². The van der Waals surface area contributed by atoms with Gasteiger partial charge in [-0.05, 0) is 17.7 Å². The Morgan fingerprint density at radius 1 is 1.50 bits per heavy atom. The van der Waals surface area contributed by atoms with E-state index in [4.69, 9.17) is 11.6 Å². The lowest BCUT2D eigenvalue weighted by atomic mass is 10.2. The number of rotatable bonds is 7. The third-order valence-corrected chi connectivity index (χ3v) is 2.78. The summed E-state index contributed by atoms with van der Waals surface area (Å²) in [5.74, 6) is -0.458. The molecular formula is C13H18ClFN2O. The summed E-state index contributed by atoms with van der Waals surface area (Å²) >= 11 is 5.60. The van der Waals surface area contributed by atoms with Crippen molar-refractivity contribution in [2.75, 3.05) is 13.1 Å². The number of halogens is 2. The van der Waals surface area contributed by atoms with Crippen molar-refractivity contribution >= 4 is 18.0 Å². The van der Waals surface area contributed by atoms with E-state index >= 15 is 0 Å². The molecule has 1 rings (SSSR count). The topological polar surface area (TPSA) is 32.3 Å². The summed E-state index contributed by atoms with van der Waals surface area (Å²) in [6.07, 6.45) is 0.772. The summed E-state index contributed by atoms with van der Waals surface area (Å²) in [5, 5.41) is 3.32. The largest absolute Gasteiger partial charge is 0.340 e. The molecule has 100 valence electrons. The Morgan fingerprint density at radius 2 is 2.22 bits per heavy atom. The first-order chi connectivity index (χ1) is 8.52. The number of hydrogen-bond donors (Lipinski definition) is 1. The molecule has 1 amide bonds. The molecule has 0 heterocycles. The number of benzene rings is 1. The average molecular weight is 273 g/mol. The van der Waals surface area contributed by atoms with Gasteiger partial charge in [-0.15, -0.1) is 0 Å². The van der Waals surface area contributed by atoms with Crippen LogP contribution in [0.1, 0.15) is 19.4 Å². The van der Waals surface area contributed by atoms with Crippen molar-refractivity contribution in [3.05, 3.63) is 34.6 Å². The Morgan fingerprint density at radius 3 is 2.78 bits per heavy atom. The first-order valence-corrected chi connectivity index (χ1v) is 6.27. The molecule has 1 N–H and O–H groups in total. The molecule has 0 saturated heterocycles. The highest BCUT2D eigenvalue weighted by Crippen LogP contribution is 2.16. The Bertz CT molecular complexity index is 399. The first-order valence-electron chi connectivity index (χ1n) is 5.89. The van der Waals surface area contributed by atoms with Crippen molar-refractivity contribution in [3.63, 3.8) is 0 Å². The average Bonchev–Trinajstić information content (AvgIpc) is 2.32. The van der Waals surface area contributed by atoms with Crippen molar-refractivity contribution in [2.24, 2.45) is 0 Å². The van der Waals surface area contributed by atoms with Crippen LogP contribution in [0.2, 0.25) is 5.02 Å². The van der Waals surface area contributed by atoms with Gasteiger partial charge in [0, 0.05) is 25.7 Å². The van der Waals surface area contributed by atoms with Crippen LogP contribution in [0.3, 0.4) is 0 Å². The summed E-state index contributed by atoms with van der Waals surface area (Å²) in [5.41, 5.74) is 0.730. The number of carbonyl (C=O) groups excluding carboxylic acids is 1. The van der Waals surface area contributed by atoms with Gasteiger partial charge in [-0.25, -0.2) is 4.39 Å². The van der Waals surface area contributed by atoms with Crippen molar-refractivity contribution < 1.29 is 9.18 Å². The number of carbonyl (C=O) groups is 1. The molecule has 0 saturated carbocycles. The van der Waals surface area contributed by atoms with E-state index in [-0.39, 0.29) is 5.02 Å². The molecule has 18 heavy (non-hydrogen) atoms. The molecule has 5 heteroatoms. The molecule has 0 aliphatic rings. The van der Waals surface area contributed by atoms with Crippen molar-refractivity contribution in [1.29, 1.82) is 0 Å². The van der Waals surface area contributed by atoms with Gasteiger partial charge in [-0.3, -0.25) is 4.79 Å². The van der Waals surface area contributed by atoms with Crippen molar-refractivity contribution in [3.8, 4) is 0 Å². The summed E-state index contributed by atoms with van der Waals surface area (Å²) in [7, 11) is 0. The normalized spacial score (nSPS) is 10.7. The Kier molecular flexibility index (Phi) is 6.09. The van der Waals surface area contributed by atoms with Gasteiger partial charge < -0.3 is 10.2 Å². The van der Waals surface area contributed by atoms with Gasteiger partial charge in [0.2, 0.25) is 6.41 Å². The maximum Gasteiger partial charge on any atom is 0.210 e. The SMILES string of the molecule is CC(C)NCCN(C=O)Cc1ccc(Cl)c(F)c1. The lowest BCUT2D eigenvalue weighted by Crippen LogP contribution is -2.33. The van der Waals surface area contributed by atoms with Gasteiger partial charge in [0.25, 0.3) is 0 Å². The molecule has 1 aromatic carbocycles. The number of nitrogens with one attached hydrogen (secondary N) is 1. The van der Waals surface area contributed by atoms with E-state index in [2.05, 4.69) is 5.32 Å². The monoisotopic (exact) mass is 272 g/mol. The molecule has 3 nitrogen and oxygen atoms in total. The molecule has 0 aliphatic heterocycles.